The van der Waals surface area contributed by atoms with Gasteiger partial charge in [-0.25, -0.2) is 0 Å². The third-order valence-corrected chi connectivity index (χ3v) is 3.96. The van der Waals surface area contributed by atoms with Crippen LogP contribution in [0.25, 0.3) is 0 Å². The second-order valence-electron chi connectivity index (χ2n) is 5.68. The molecule has 1 atom stereocenters. The Balaban J connectivity index is 1.98. The van der Waals surface area contributed by atoms with Gasteiger partial charge in [-0.15, -0.1) is 0 Å². The Morgan fingerprint density at radius 1 is 1.35 bits per heavy atom. The van der Waals surface area contributed by atoms with Crippen LogP contribution in [0.4, 0.5) is 13.2 Å². The maximum atomic E-state index is 12.2. The Kier molecular flexibility index (Phi) is 6.01. The molecule has 0 bridgehead atoms. The standard InChI is InChI=1S/C16H22F3N3O/c1-2-12-3-5-13(6-4-12)14-9-20-7-8-22(14)10-15(23)21-11-16(17,18)19/h3-6,14,20H,2,7-11H2,1H3,(H,21,23). The first kappa shape index (κ1) is 17.7. The van der Waals surface area contributed by atoms with Gasteiger partial charge in [0.15, 0.2) is 0 Å². The van der Waals surface area contributed by atoms with Crippen LogP contribution in [0.5, 0.6) is 0 Å². The highest BCUT2D eigenvalue weighted by molar-refractivity contribution is 5.78. The van der Waals surface area contributed by atoms with E-state index in [1.54, 1.807) is 0 Å². The lowest BCUT2D eigenvalue weighted by atomic mass is 10.0. The lowest BCUT2D eigenvalue weighted by molar-refractivity contribution is -0.139. The molecule has 1 heterocycles. The van der Waals surface area contributed by atoms with Gasteiger partial charge in [0, 0.05) is 25.7 Å². The molecule has 1 fully saturated rings. The quantitative estimate of drug-likeness (QED) is 0.867. The minimum atomic E-state index is -4.38. The van der Waals surface area contributed by atoms with E-state index in [9.17, 15) is 18.0 Å². The van der Waals surface area contributed by atoms with Gasteiger partial charge < -0.3 is 10.6 Å². The monoisotopic (exact) mass is 329 g/mol. The van der Waals surface area contributed by atoms with E-state index in [-0.39, 0.29) is 12.6 Å². The molecule has 1 saturated heterocycles. The van der Waals surface area contributed by atoms with Gasteiger partial charge in [-0.05, 0) is 17.5 Å². The molecular formula is C16H22F3N3O. The Hall–Kier alpha value is -1.60. The highest BCUT2D eigenvalue weighted by Crippen LogP contribution is 2.22. The van der Waals surface area contributed by atoms with E-state index in [4.69, 9.17) is 0 Å². The Bertz CT molecular complexity index is 516. The van der Waals surface area contributed by atoms with Crippen LogP contribution in [0.3, 0.4) is 0 Å². The van der Waals surface area contributed by atoms with Gasteiger partial charge >= 0.3 is 6.18 Å². The van der Waals surface area contributed by atoms with E-state index in [2.05, 4.69) is 12.2 Å². The largest absolute Gasteiger partial charge is 0.405 e. The third-order valence-electron chi connectivity index (χ3n) is 3.96. The topological polar surface area (TPSA) is 44.4 Å². The molecular weight excluding hydrogens is 307 g/mol. The second-order valence-corrected chi connectivity index (χ2v) is 5.68. The molecule has 0 aliphatic carbocycles. The maximum Gasteiger partial charge on any atom is 0.405 e. The molecule has 0 aromatic heterocycles. The molecule has 1 aliphatic heterocycles. The van der Waals surface area contributed by atoms with E-state index in [0.29, 0.717) is 13.1 Å². The number of benzene rings is 1. The van der Waals surface area contributed by atoms with Crippen LogP contribution in [0.2, 0.25) is 0 Å². The average molecular weight is 329 g/mol. The summed E-state index contributed by atoms with van der Waals surface area (Å²) in [6.45, 7) is 2.79. The van der Waals surface area contributed by atoms with E-state index in [0.717, 1.165) is 18.5 Å². The molecule has 1 amide bonds. The second kappa shape index (κ2) is 7.79. The van der Waals surface area contributed by atoms with Crippen molar-refractivity contribution in [3.63, 3.8) is 0 Å². The number of nitrogens with zero attached hydrogens (tertiary/aromatic N) is 1. The zero-order valence-corrected chi connectivity index (χ0v) is 13.1. The number of hydrogen-bond donors (Lipinski definition) is 2. The van der Waals surface area contributed by atoms with Crippen molar-refractivity contribution in [1.29, 1.82) is 0 Å². The van der Waals surface area contributed by atoms with Crippen molar-refractivity contribution in [2.45, 2.75) is 25.6 Å². The molecule has 128 valence electrons. The first-order valence-electron chi connectivity index (χ1n) is 7.76. The lowest BCUT2D eigenvalue weighted by Crippen LogP contribution is -2.50. The molecule has 7 heteroatoms. The number of carbonyl (C=O) groups excluding carboxylic acids is 1. The fourth-order valence-corrected chi connectivity index (χ4v) is 2.68. The smallest absolute Gasteiger partial charge is 0.346 e. The lowest BCUT2D eigenvalue weighted by Gasteiger charge is -2.36. The van der Waals surface area contributed by atoms with Gasteiger partial charge in [-0.1, -0.05) is 31.2 Å². The van der Waals surface area contributed by atoms with Crippen molar-refractivity contribution in [2.24, 2.45) is 0 Å². The average Bonchev–Trinajstić information content (AvgIpc) is 2.53. The zero-order chi connectivity index (χ0) is 16.9. The number of halogens is 3. The number of hydrogen-bond acceptors (Lipinski definition) is 3. The Labute approximate surface area is 134 Å². The van der Waals surface area contributed by atoms with Gasteiger partial charge in [0.25, 0.3) is 0 Å². The fourth-order valence-electron chi connectivity index (χ4n) is 2.68. The zero-order valence-electron chi connectivity index (χ0n) is 13.1. The van der Waals surface area contributed by atoms with Crippen molar-refractivity contribution < 1.29 is 18.0 Å². The number of aryl methyl sites for hydroxylation is 1. The summed E-state index contributed by atoms with van der Waals surface area (Å²) in [5.41, 5.74) is 2.30. The van der Waals surface area contributed by atoms with Crippen LogP contribution in [-0.2, 0) is 11.2 Å². The van der Waals surface area contributed by atoms with E-state index < -0.39 is 18.6 Å². The van der Waals surface area contributed by atoms with Crippen LogP contribution in [0.15, 0.2) is 24.3 Å². The molecule has 1 aliphatic rings. The highest BCUT2D eigenvalue weighted by Gasteiger charge is 2.29. The maximum absolute atomic E-state index is 12.2. The van der Waals surface area contributed by atoms with Crippen LogP contribution in [0, 0.1) is 0 Å². The summed E-state index contributed by atoms with van der Waals surface area (Å²) in [5.74, 6) is -0.598. The van der Waals surface area contributed by atoms with E-state index >= 15 is 0 Å². The van der Waals surface area contributed by atoms with Gasteiger partial charge in [0.1, 0.15) is 6.54 Å². The number of rotatable bonds is 5. The summed E-state index contributed by atoms with van der Waals surface area (Å²) < 4.78 is 36.5. The minimum Gasteiger partial charge on any atom is -0.346 e. The predicted molar refractivity (Wildman–Crippen MR) is 82.1 cm³/mol. The van der Waals surface area contributed by atoms with E-state index in [1.165, 1.54) is 5.56 Å². The van der Waals surface area contributed by atoms with Crippen LogP contribution >= 0.6 is 0 Å². The highest BCUT2D eigenvalue weighted by atomic mass is 19.4. The van der Waals surface area contributed by atoms with Crippen molar-refractivity contribution in [2.75, 3.05) is 32.7 Å². The molecule has 1 aromatic carbocycles. The summed E-state index contributed by atoms with van der Waals surface area (Å²) >= 11 is 0. The molecule has 0 radical (unpaired) electrons. The molecule has 1 aromatic rings. The number of alkyl halides is 3. The van der Waals surface area contributed by atoms with Gasteiger partial charge in [0.2, 0.25) is 5.91 Å². The van der Waals surface area contributed by atoms with Crippen molar-refractivity contribution in [3.8, 4) is 0 Å². The normalized spacial score (nSPS) is 19.6. The van der Waals surface area contributed by atoms with Crippen LogP contribution < -0.4 is 10.6 Å². The van der Waals surface area contributed by atoms with Crippen molar-refractivity contribution >= 4 is 5.91 Å². The summed E-state index contributed by atoms with van der Waals surface area (Å²) in [6.07, 6.45) is -3.43. The molecule has 23 heavy (non-hydrogen) atoms. The number of piperazine rings is 1. The SMILES string of the molecule is CCc1ccc(C2CNCCN2CC(=O)NCC(F)(F)F)cc1. The first-order valence-corrected chi connectivity index (χ1v) is 7.76. The molecule has 0 saturated carbocycles. The third kappa shape index (κ3) is 5.51. The van der Waals surface area contributed by atoms with Gasteiger partial charge in [-0.2, -0.15) is 13.2 Å². The number of amides is 1. The summed E-state index contributed by atoms with van der Waals surface area (Å²) in [6, 6.07) is 8.14. The number of nitrogens with one attached hydrogen (secondary N) is 2. The van der Waals surface area contributed by atoms with Gasteiger partial charge in [0.05, 0.1) is 6.54 Å². The van der Waals surface area contributed by atoms with Crippen LogP contribution in [0.1, 0.15) is 24.1 Å². The Morgan fingerprint density at radius 3 is 2.65 bits per heavy atom. The number of carbonyl (C=O) groups is 1. The van der Waals surface area contributed by atoms with Gasteiger partial charge in [-0.3, -0.25) is 9.69 Å². The van der Waals surface area contributed by atoms with E-state index in [1.807, 2.05) is 34.5 Å². The minimum absolute atomic E-state index is 0.00806. The molecule has 2 N–H and O–H groups in total. The summed E-state index contributed by atoms with van der Waals surface area (Å²) in [5, 5.41) is 5.20. The molecule has 2 rings (SSSR count). The molecule has 4 nitrogen and oxygen atoms in total. The first-order chi connectivity index (χ1) is 10.9. The Morgan fingerprint density at radius 2 is 2.04 bits per heavy atom. The molecule has 1 unspecified atom stereocenters. The summed E-state index contributed by atoms with van der Waals surface area (Å²) in [7, 11) is 0. The summed E-state index contributed by atoms with van der Waals surface area (Å²) in [4.78, 5) is 13.7. The molecule has 0 spiro atoms. The van der Waals surface area contributed by atoms with Crippen LogP contribution in [-0.4, -0.2) is 49.7 Å². The predicted octanol–water partition coefficient (Wildman–Crippen LogP) is 1.87. The van der Waals surface area contributed by atoms with Crippen molar-refractivity contribution in [1.82, 2.24) is 15.5 Å². The van der Waals surface area contributed by atoms with Crippen molar-refractivity contribution in [3.05, 3.63) is 35.4 Å². The fraction of sp³-hybridized carbons (Fsp3) is 0.562.